The fourth-order valence-corrected chi connectivity index (χ4v) is 5.13. The Morgan fingerprint density at radius 1 is 0.950 bits per heavy atom. The molecule has 0 saturated heterocycles. The van der Waals surface area contributed by atoms with E-state index in [1.165, 1.54) is 18.7 Å². The number of hydrogen-bond acceptors (Lipinski definition) is 7. The second-order valence-electron chi connectivity index (χ2n) is 11.6. The Morgan fingerprint density at radius 2 is 1.55 bits per heavy atom. The largest absolute Gasteiger partial charge is 0.394 e. The molecule has 0 aromatic heterocycles. The van der Waals surface area contributed by atoms with Crippen LogP contribution in [0.4, 0.5) is 0 Å². The molecule has 0 heterocycles. The van der Waals surface area contributed by atoms with E-state index < -0.39 is 72.3 Å². The molecule has 6 N–H and O–H groups in total. The van der Waals surface area contributed by atoms with E-state index in [0.29, 0.717) is 12.7 Å². The maximum atomic E-state index is 14.1. The van der Waals surface area contributed by atoms with Crippen molar-refractivity contribution in [2.45, 2.75) is 117 Å². The zero-order valence-electron chi connectivity index (χ0n) is 24.8. The van der Waals surface area contributed by atoms with Gasteiger partial charge in [-0.05, 0) is 37.5 Å². The van der Waals surface area contributed by atoms with Gasteiger partial charge in [-0.3, -0.25) is 24.0 Å². The topological polar surface area (TPSA) is 188 Å². The summed E-state index contributed by atoms with van der Waals surface area (Å²) in [5, 5.41) is 16.8. The van der Waals surface area contributed by atoms with Crippen LogP contribution in [0.25, 0.3) is 0 Å². The predicted octanol–water partition coefficient (Wildman–Crippen LogP) is 0.395. The van der Waals surface area contributed by atoms with Crippen LogP contribution in [0.2, 0.25) is 0 Å². The molecule has 0 radical (unpaired) electrons. The Labute approximate surface area is 237 Å². The van der Waals surface area contributed by atoms with Crippen LogP contribution in [-0.4, -0.2) is 82.6 Å². The summed E-state index contributed by atoms with van der Waals surface area (Å²) in [7, 11) is 0. The van der Waals surface area contributed by atoms with Crippen LogP contribution in [0.15, 0.2) is 0 Å². The van der Waals surface area contributed by atoms with Crippen LogP contribution in [0.1, 0.15) is 86.5 Å². The molecule has 1 saturated carbocycles. The van der Waals surface area contributed by atoms with E-state index in [0.717, 1.165) is 32.1 Å². The first-order valence-corrected chi connectivity index (χ1v) is 14.3. The van der Waals surface area contributed by atoms with Crippen molar-refractivity contribution < 1.29 is 33.9 Å². The summed E-state index contributed by atoms with van der Waals surface area (Å²) >= 11 is 0. The molecular formula is C28H49N5O7. The minimum atomic E-state index is -1.24. The van der Waals surface area contributed by atoms with Gasteiger partial charge in [0, 0.05) is 6.92 Å². The van der Waals surface area contributed by atoms with Crippen LogP contribution in [0.5, 0.6) is 0 Å². The maximum absolute atomic E-state index is 14.1. The molecule has 0 spiro atoms. The normalized spacial score (nSPS) is 17.7. The minimum absolute atomic E-state index is 0.000177. The number of aliphatic hydroxyl groups excluding tert-OH is 1. The number of nitrogens with zero attached hydrogens (tertiary/aromatic N) is 1. The van der Waals surface area contributed by atoms with Crippen molar-refractivity contribution in [1.29, 1.82) is 0 Å². The van der Waals surface area contributed by atoms with Gasteiger partial charge in [0.25, 0.3) is 0 Å². The molecular weight excluding hydrogens is 518 g/mol. The minimum Gasteiger partial charge on any atom is -0.394 e. The Kier molecular flexibility index (Phi) is 14.8. The number of hydrogen-bond donors (Lipinski definition) is 5. The highest BCUT2D eigenvalue weighted by Crippen LogP contribution is 2.30. The lowest BCUT2D eigenvalue weighted by atomic mass is 9.84. The molecule has 1 fully saturated rings. The zero-order valence-corrected chi connectivity index (χ0v) is 24.8. The highest BCUT2D eigenvalue weighted by atomic mass is 16.3. The van der Waals surface area contributed by atoms with Gasteiger partial charge in [-0.25, -0.2) is 0 Å². The van der Waals surface area contributed by atoms with E-state index in [-0.39, 0.29) is 18.3 Å². The number of amides is 5. The number of rotatable bonds is 16. The van der Waals surface area contributed by atoms with Gasteiger partial charge in [0.2, 0.25) is 29.5 Å². The fraction of sp³-hybridized carbons (Fsp3) is 0.786. The van der Waals surface area contributed by atoms with Gasteiger partial charge in [0.05, 0.1) is 12.6 Å². The summed E-state index contributed by atoms with van der Waals surface area (Å²) in [6.45, 7) is 9.15. The standard InChI is InChI=1S/C28H49N5O7/c1-16(2)12-23(25(29)37)33(21(14-34)13-20-10-8-7-9-11-20)28(40)24(17(3)4)32-26(38)18(5)30-27(39)22(15-35)31-19(6)36/h14,16-18,20-24,35H,7-13,15H2,1-6H3,(H2,29,37)(H,30,39)(H,31,36)(H,32,38)/t18-,21-,22-,23-,24-/m0/s1. The van der Waals surface area contributed by atoms with E-state index >= 15 is 0 Å². The molecule has 12 nitrogen and oxygen atoms in total. The molecule has 12 heteroatoms. The van der Waals surface area contributed by atoms with Crippen LogP contribution in [0, 0.1) is 17.8 Å². The molecule has 0 unspecified atom stereocenters. The van der Waals surface area contributed by atoms with Gasteiger partial charge in [-0.15, -0.1) is 0 Å². The summed E-state index contributed by atoms with van der Waals surface area (Å²) in [5.74, 6) is -3.49. The van der Waals surface area contributed by atoms with Gasteiger partial charge in [-0.2, -0.15) is 0 Å². The number of carbonyl (C=O) groups is 6. The lowest BCUT2D eigenvalue weighted by molar-refractivity contribution is -0.149. The molecule has 0 bridgehead atoms. The van der Waals surface area contributed by atoms with Gasteiger partial charge >= 0.3 is 0 Å². The average molecular weight is 568 g/mol. The van der Waals surface area contributed by atoms with Crippen molar-refractivity contribution >= 4 is 35.8 Å². The fourth-order valence-electron chi connectivity index (χ4n) is 5.13. The third-order valence-electron chi connectivity index (χ3n) is 7.29. The van der Waals surface area contributed by atoms with Crippen molar-refractivity contribution in [3.8, 4) is 0 Å². The van der Waals surface area contributed by atoms with E-state index in [9.17, 15) is 33.9 Å². The second kappa shape index (κ2) is 16.9. The molecule has 0 aromatic carbocycles. The highest BCUT2D eigenvalue weighted by molar-refractivity contribution is 5.96. The van der Waals surface area contributed by atoms with Crippen LogP contribution < -0.4 is 21.7 Å². The van der Waals surface area contributed by atoms with E-state index in [1.54, 1.807) is 13.8 Å². The number of aliphatic hydroxyl groups is 1. The van der Waals surface area contributed by atoms with E-state index in [2.05, 4.69) is 16.0 Å². The monoisotopic (exact) mass is 567 g/mol. The molecule has 40 heavy (non-hydrogen) atoms. The molecule has 0 aromatic rings. The molecule has 0 aliphatic heterocycles. The summed E-state index contributed by atoms with van der Waals surface area (Å²) in [6, 6.07) is -5.40. The third kappa shape index (κ3) is 10.9. The van der Waals surface area contributed by atoms with Gasteiger partial charge in [-0.1, -0.05) is 59.8 Å². The first-order valence-electron chi connectivity index (χ1n) is 14.3. The number of nitrogens with two attached hydrogens (primary N) is 1. The Balaban J connectivity index is 3.25. The summed E-state index contributed by atoms with van der Waals surface area (Å²) in [5.41, 5.74) is 5.77. The van der Waals surface area contributed by atoms with Crippen LogP contribution >= 0.6 is 0 Å². The molecule has 228 valence electrons. The highest BCUT2D eigenvalue weighted by Gasteiger charge is 2.40. The van der Waals surface area contributed by atoms with Crippen LogP contribution in [-0.2, 0) is 28.8 Å². The molecule has 5 atom stereocenters. The molecule has 5 amide bonds. The molecule has 1 rings (SSSR count). The van der Waals surface area contributed by atoms with Crippen molar-refractivity contribution in [1.82, 2.24) is 20.9 Å². The lowest BCUT2D eigenvalue weighted by Crippen LogP contribution is -2.62. The van der Waals surface area contributed by atoms with Gasteiger partial charge < -0.3 is 36.5 Å². The van der Waals surface area contributed by atoms with Crippen LogP contribution in [0.3, 0.4) is 0 Å². The summed E-state index contributed by atoms with van der Waals surface area (Å²) < 4.78 is 0. The summed E-state index contributed by atoms with van der Waals surface area (Å²) in [6.07, 6.45) is 6.45. The quantitative estimate of drug-likeness (QED) is 0.167. The van der Waals surface area contributed by atoms with Gasteiger partial charge in [0.15, 0.2) is 0 Å². The number of primary amides is 1. The van der Waals surface area contributed by atoms with Crippen molar-refractivity contribution in [2.75, 3.05) is 6.61 Å². The number of carbonyl (C=O) groups excluding carboxylic acids is 6. The van der Waals surface area contributed by atoms with Crippen molar-refractivity contribution in [3.63, 3.8) is 0 Å². The first-order chi connectivity index (χ1) is 18.7. The Bertz CT molecular complexity index is 888. The number of aldehydes is 1. The molecule has 1 aliphatic carbocycles. The SMILES string of the molecule is CC(=O)N[C@@H](CO)C(=O)N[C@@H](C)C(=O)N[C@H](C(=O)N([C@H](C=O)CC1CCCCC1)[C@@H](CC(C)C)C(N)=O)C(C)C. The van der Waals surface area contributed by atoms with E-state index in [1.807, 2.05) is 13.8 Å². The van der Waals surface area contributed by atoms with Crippen molar-refractivity contribution in [3.05, 3.63) is 0 Å². The second-order valence-corrected chi connectivity index (χ2v) is 11.6. The third-order valence-corrected chi connectivity index (χ3v) is 7.29. The lowest BCUT2D eigenvalue weighted by Gasteiger charge is -2.40. The summed E-state index contributed by atoms with van der Waals surface area (Å²) in [4.78, 5) is 77.2. The van der Waals surface area contributed by atoms with Gasteiger partial charge in [0.1, 0.15) is 30.5 Å². The Morgan fingerprint density at radius 3 is 2.00 bits per heavy atom. The Hall–Kier alpha value is -3.02. The predicted molar refractivity (Wildman–Crippen MR) is 149 cm³/mol. The van der Waals surface area contributed by atoms with Crippen molar-refractivity contribution in [2.24, 2.45) is 23.5 Å². The zero-order chi connectivity index (χ0) is 30.6. The molecule has 1 aliphatic rings. The average Bonchev–Trinajstić information content (AvgIpc) is 2.88. The van der Waals surface area contributed by atoms with E-state index in [4.69, 9.17) is 5.73 Å². The number of nitrogens with one attached hydrogen (secondary N) is 3. The maximum Gasteiger partial charge on any atom is 0.246 e. The first kappa shape index (κ1) is 35.0. The smallest absolute Gasteiger partial charge is 0.246 e.